The van der Waals surface area contributed by atoms with Gasteiger partial charge >= 0.3 is 6.09 Å². The lowest BCUT2D eigenvalue weighted by atomic mass is 9.70. The zero-order valence-corrected chi connectivity index (χ0v) is 12.3. The van der Waals surface area contributed by atoms with E-state index in [9.17, 15) is 10.1 Å². The number of hydrogen-bond donors (Lipinski definition) is 0. The van der Waals surface area contributed by atoms with Crippen LogP contribution in [0.25, 0.3) is 0 Å². The molecule has 0 N–H and O–H groups in total. The molecule has 18 heavy (non-hydrogen) atoms. The van der Waals surface area contributed by atoms with Gasteiger partial charge in [0.15, 0.2) is 0 Å². The molecule has 102 valence electrons. The molecule has 4 heteroatoms. The molecule has 1 rings (SSSR count). The van der Waals surface area contributed by atoms with Gasteiger partial charge in [-0.15, -0.1) is 0 Å². The fourth-order valence-corrected chi connectivity index (χ4v) is 2.65. The van der Waals surface area contributed by atoms with E-state index in [2.05, 4.69) is 6.07 Å². The van der Waals surface area contributed by atoms with Gasteiger partial charge in [-0.3, -0.25) is 0 Å². The molecule has 1 aliphatic rings. The van der Waals surface area contributed by atoms with Crippen LogP contribution in [0.5, 0.6) is 0 Å². The SMILES string of the molecule is CC1CN(C(=O)OC(C)(C)C)CC(C)(C)C1C#N. The summed E-state index contributed by atoms with van der Waals surface area (Å²) in [5.74, 6) is 0.155. The van der Waals surface area contributed by atoms with Gasteiger partial charge in [0.05, 0.1) is 12.0 Å². The third-order valence-corrected chi connectivity index (χ3v) is 3.31. The van der Waals surface area contributed by atoms with Crippen molar-refractivity contribution in [2.45, 2.75) is 47.1 Å². The highest BCUT2D eigenvalue weighted by Crippen LogP contribution is 2.38. The van der Waals surface area contributed by atoms with Crippen LogP contribution in [0.1, 0.15) is 41.5 Å². The van der Waals surface area contributed by atoms with E-state index in [1.54, 1.807) is 4.90 Å². The predicted octanol–water partition coefficient (Wildman–Crippen LogP) is 3.04. The van der Waals surface area contributed by atoms with Crippen molar-refractivity contribution in [1.29, 1.82) is 5.26 Å². The van der Waals surface area contributed by atoms with E-state index < -0.39 is 5.60 Å². The fraction of sp³-hybridized carbons (Fsp3) is 0.857. The largest absolute Gasteiger partial charge is 0.444 e. The van der Waals surface area contributed by atoms with Crippen LogP contribution >= 0.6 is 0 Å². The molecule has 0 radical (unpaired) electrons. The number of nitrogens with zero attached hydrogens (tertiary/aromatic N) is 2. The summed E-state index contributed by atoms with van der Waals surface area (Å²) in [6.07, 6.45) is -0.279. The Kier molecular flexibility index (Phi) is 3.95. The topological polar surface area (TPSA) is 53.3 Å². The molecule has 4 nitrogen and oxygen atoms in total. The average Bonchev–Trinajstić information content (AvgIpc) is 2.12. The Hall–Kier alpha value is -1.24. The van der Waals surface area contributed by atoms with Crippen LogP contribution < -0.4 is 0 Å². The van der Waals surface area contributed by atoms with E-state index >= 15 is 0 Å². The number of rotatable bonds is 0. The van der Waals surface area contributed by atoms with E-state index in [1.165, 1.54) is 0 Å². The van der Waals surface area contributed by atoms with Crippen molar-refractivity contribution in [3.63, 3.8) is 0 Å². The van der Waals surface area contributed by atoms with Gasteiger partial charge < -0.3 is 9.64 Å². The zero-order valence-electron chi connectivity index (χ0n) is 12.3. The Labute approximate surface area is 110 Å². The highest BCUT2D eigenvalue weighted by Gasteiger charge is 2.42. The lowest BCUT2D eigenvalue weighted by Crippen LogP contribution is -2.52. The smallest absolute Gasteiger partial charge is 0.410 e. The molecule has 0 saturated carbocycles. The maximum Gasteiger partial charge on any atom is 0.410 e. The molecule has 0 aromatic rings. The number of amides is 1. The van der Waals surface area contributed by atoms with Crippen LogP contribution in [-0.4, -0.2) is 29.7 Å². The van der Waals surface area contributed by atoms with Gasteiger partial charge in [-0.1, -0.05) is 20.8 Å². The van der Waals surface area contributed by atoms with Gasteiger partial charge in [-0.05, 0) is 32.1 Å². The van der Waals surface area contributed by atoms with Crippen molar-refractivity contribution in [1.82, 2.24) is 4.90 Å². The van der Waals surface area contributed by atoms with Gasteiger partial charge in [0, 0.05) is 13.1 Å². The average molecular weight is 252 g/mol. The number of carbonyl (C=O) groups excluding carboxylic acids is 1. The summed E-state index contributed by atoms with van der Waals surface area (Å²) in [6, 6.07) is 2.37. The third-order valence-electron chi connectivity index (χ3n) is 3.31. The molecular weight excluding hydrogens is 228 g/mol. The van der Waals surface area contributed by atoms with E-state index in [0.717, 1.165) is 0 Å². The highest BCUT2D eigenvalue weighted by atomic mass is 16.6. The molecular formula is C14H24N2O2. The van der Waals surface area contributed by atoms with Gasteiger partial charge in [-0.2, -0.15) is 5.26 Å². The summed E-state index contributed by atoms with van der Waals surface area (Å²) in [5, 5.41) is 9.22. The highest BCUT2D eigenvalue weighted by molar-refractivity contribution is 5.68. The minimum absolute atomic E-state index is 0.0174. The Morgan fingerprint density at radius 3 is 2.39 bits per heavy atom. The molecule has 1 amide bonds. The van der Waals surface area contributed by atoms with E-state index in [1.807, 2.05) is 41.5 Å². The maximum absolute atomic E-state index is 12.1. The second-order valence-electron chi connectivity index (χ2n) is 6.93. The van der Waals surface area contributed by atoms with Crippen LogP contribution in [0.15, 0.2) is 0 Å². The first-order valence-electron chi connectivity index (χ1n) is 6.44. The number of likely N-dealkylation sites (tertiary alicyclic amines) is 1. The van der Waals surface area contributed by atoms with E-state index in [0.29, 0.717) is 13.1 Å². The number of ether oxygens (including phenoxy) is 1. The van der Waals surface area contributed by atoms with Crippen molar-refractivity contribution in [3.8, 4) is 6.07 Å². The van der Waals surface area contributed by atoms with Gasteiger partial charge in [0.2, 0.25) is 0 Å². The summed E-state index contributed by atoms with van der Waals surface area (Å²) in [5.41, 5.74) is -0.667. The maximum atomic E-state index is 12.1. The minimum atomic E-state index is -0.476. The van der Waals surface area contributed by atoms with Gasteiger partial charge in [0.25, 0.3) is 0 Å². The van der Waals surface area contributed by atoms with Crippen LogP contribution in [0, 0.1) is 28.6 Å². The molecule has 0 aromatic carbocycles. The lowest BCUT2D eigenvalue weighted by Gasteiger charge is -2.44. The molecule has 0 aliphatic carbocycles. The van der Waals surface area contributed by atoms with Crippen LogP contribution in [0.4, 0.5) is 4.79 Å². The van der Waals surface area contributed by atoms with Crippen LogP contribution in [0.2, 0.25) is 0 Å². The molecule has 1 fully saturated rings. The predicted molar refractivity (Wildman–Crippen MR) is 69.9 cm³/mol. The van der Waals surface area contributed by atoms with Gasteiger partial charge in [0.1, 0.15) is 5.60 Å². The molecule has 2 unspecified atom stereocenters. The normalized spacial score (nSPS) is 27.5. The second-order valence-corrected chi connectivity index (χ2v) is 6.93. The summed E-state index contributed by atoms with van der Waals surface area (Å²) in [7, 11) is 0. The molecule has 1 heterocycles. The van der Waals surface area contributed by atoms with Crippen molar-refractivity contribution in [3.05, 3.63) is 0 Å². The molecule has 1 aliphatic heterocycles. The standard InChI is InChI=1S/C14H24N2O2/c1-10-8-16(12(17)18-13(2,3)4)9-14(5,6)11(10)7-15/h10-11H,8-9H2,1-6H3. The summed E-state index contributed by atoms with van der Waals surface area (Å²) < 4.78 is 5.39. The molecule has 0 aromatic heterocycles. The third kappa shape index (κ3) is 3.38. The Bertz CT molecular complexity index is 363. The fourth-order valence-electron chi connectivity index (χ4n) is 2.65. The number of hydrogen-bond acceptors (Lipinski definition) is 3. The molecule has 0 spiro atoms. The molecule has 2 atom stereocenters. The Morgan fingerprint density at radius 2 is 2.00 bits per heavy atom. The molecule has 1 saturated heterocycles. The lowest BCUT2D eigenvalue weighted by molar-refractivity contribution is -0.0103. The summed E-state index contributed by atoms with van der Waals surface area (Å²) in [6.45, 7) is 12.8. The summed E-state index contributed by atoms with van der Waals surface area (Å²) >= 11 is 0. The quantitative estimate of drug-likeness (QED) is 0.666. The van der Waals surface area contributed by atoms with Crippen molar-refractivity contribution >= 4 is 6.09 Å². The first-order chi connectivity index (χ1) is 8.07. The number of piperidine rings is 1. The van der Waals surface area contributed by atoms with Crippen molar-refractivity contribution < 1.29 is 9.53 Å². The van der Waals surface area contributed by atoms with E-state index in [-0.39, 0.29) is 23.3 Å². The van der Waals surface area contributed by atoms with Gasteiger partial charge in [-0.25, -0.2) is 4.79 Å². The number of nitriles is 1. The Balaban J connectivity index is 2.78. The van der Waals surface area contributed by atoms with E-state index in [4.69, 9.17) is 4.74 Å². The van der Waals surface area contributed by atoms with Crippen LogP contribution in [0.3, 0.4) is 0 Å². The zero-order chi connectivity index (χ0) is 14.1. The minimum Gasteiger partial charge on any atom is -0.444 e. The second kappa shape index (κ2) is 4.79. The Morgan fingerprint density at radius 1 is 1.44 bits per heavy atom. The van der Waals surface area contributed by atoms with Crippen molar-refractivity contribution in [2.75, 3.05) is 13.1 Å². The van der Waals surface area contributed by atoms with Crippen LogP contribution in [-0.2, 0) is 4.74 Å². The first kappa shape index (κ1) is 14.8. The molecule has 0 bridgehead atoms. The summed E-state index contributed by atoms with van der Waals surface area (Å²) in [4.78, 5) is 13.8. The van der Waals surface area contributed by atoms with Crippen molar-refractivity contribution in [2.24, 2.45) is 17.3 Å². The first-order valence-corrected chi connectivity index (χ1v) is 6.44. The number of carbonyl (C=O) groups is 1. The monoisotopic (exact) mass is 252 g/mol.